The Bertz CT molecular complexity index is 512. The minimum absolute atomic E-state index is 0.196. The topological polar surface area (TPSA) is 96.2 Å². The summed E-state index contributed by atoms with van der Waals surface area (Å²) in [6, 6.07) is 1.47. The Morgan fingerprint density at radius 1 is 1.52 bits per heavy atom. The molecule has 2 rings (SSSR count). The minimum atomic E-state index is -0.694. The molecular formula is C14H22N4O3. The number of aromatic nitrogens is 2. The second-order valence-electron chi connectivity index (χ2n) is 5.28. The molecule has 1 aliphatic heterocycles. The fraction of sp³-hybridized carbons (Fsp3) is 0.643. The first-order valence-corrected chi connectivity index (χ1v) is 7.44. The van der Waals surface area contributed by atoms with Gasteiger partial charge in [0.2, 0.25) is 0 Å². The van der Waals surface area contributed by atoms with Crippen molar-refractivity contribution in [3.63, 3.8) is 0 Å². The Balaban J connectivity index is 1.95. The lowest BCUT2D eigenvalue weighted by molar-refractivity contribution is 0.0931. The minimum Gasteiger partial charge on any atom is -0.389 e. The van der Waals surface area contributed by atoms with Crippen molar-refractivity contribution in [2.24, 2.45) is 0 Å². The molecule has 0 saturated heterocycles. The number of hydrogen-bond donors (Lipinski definition) is 3. The summed E-state index contributed by atoms with van der Waals surface area (Å²) in [7, 11) is 0. The molecule has 1 aromatic heterocycles. The number of rotatable bonds is 6. The molecule has 116 valence electrons. The highest BCUT2D eigenvalue weighted by atomic mass is 16.3. The number of carbonyl (C=O) groups is 2. The van der Waals surface area contributed by atoms with E-state index in [0.29, 0.717) is 12.2 Å². The molecule has 1 unspecified atom stereocenters. The summed E-state index contributed by atoms with van der Waals surface area (Å²) in [5.41, 5.74) is 0.521. The number of fused-ring (bicyclic) bond motifs is 1. The smallest absolute Gasteiger partial charge is 0.271 e. The van der Waals surface area contributed by atoms with E-state index >= 15 is 0 Å². The third-order valence-electron chi connectivity index (χ3n) is 3.44. The molecule has 2 amide bonds. The average Bonchev–Trinajstić information content (AvgIpc) is 2.83. The van der Waals surface area contributed by atoms with Crippen LogP contribution in [0.25, 0.3) is 0 Å². The lowest BCUT2D eigenvalue weighted by atomic mass is 10.2. The van der Waals surface area contributed by atoms with E-state index in [1.807, 2.05) is 0 Å². The first-order chi connectivity index (χ1) is 10.1. The van der Waals surface area contributed by atoms with Gasteiger partial charge in [0.25, 0.3) is 11.8 Å². The molecule has 0 fully saturated rings. The van der Waals surface area contributed by atoms with Gasteiger partial charge in [-0.15, -0.1) is 0 Å². The molecule has 1 aliphatic rings. The maximum absolute atomic E-state index is 12.0. The molecule has 0 bridgehead atoms. The summed E-state index contributed by atoms with van der Waals surface area (Å²) >= 11 is 0. The predicted molar refractivity (Wildman–Crippen MR) is 77.0 cm³/mol. The molecule has 7 heteroatoms. The fourth-order valence-corrected chi connectivity index (χ4v) is 2.26. The van der Waals surface area contributed by atoms with Crippen molar-refractivity contribution in [2.75, 3.05) is 13.1 Å². The van der Waals surface area contributed by atoms with Crippen LogP contribution >= 0.6 is 0 Å². The molecule has 1 atom stereocenters. The molecule has 0 aromatic carbocycles. The quantitative estimate of drug-likeness (QED) is 0.657. The van der Waals surface area contributed by atoms with Gasteiger partial charge < -0.3 is 15.7 Å². The number of carbonyl (C=O) groups excluding carboxylic acids is 2. The molecule has 7 nitrogen and oxygen atoms in total. The van der Waals surface area contributed by atoms with E-state index in [4.69, 9.17) is 0 Å². The number of amides is 2. The molecular weight excluding hydrogens is 272 g/mol. The number of aliphatic hydroxyl groups is 1. The molecule has 21 heavy (non-hydrogen) atoms. The highest BCUT2D eigenvalue weighted by molar-refractivity contribution is 5.98. The number of nitrogens with zero attached hydrogens (tertiary/aromatic N) is 2. The number of unbranched alkanes of at least 4 members (excludes halogenated alkanes) is 3. The second kappa shape index (κ2) is 7.21. The standard InChI is InChI=1S/C14H22N4O3/c1-2-3-4-5-6-15-13(20)11-7-12-14(21)16-8-10(19)9-18(12)17-11/h7,10,19H,2-6,8-9H2,1H3,(H,15,20)(H,16,21). The Kier molecular flexibility index (Phi) is 5.32. The number of hydrogen-bond acceptors (Lipinski definition) is 4. The van der Waals surface area contributed by atoms with Crippen LogP contribution in [0.15, 0.2) is 6.07 Å². The van der Waals surface area contributed by atoms with E-state index in [9.17, 15) is 14.7 Å². The van der Waals surface area contributed by atoms with Crippen LogP contribution in [0, 0.1) is 0 Å². The van der Waals surface area contributed by atoms with Crippen molar-refractivity contribution >= 4 is 11.8 Å². The Hall–Kier alpha value is -1.89. The summed E-state index contributed by atoms with van der Waals surface area (Å²) in [5, 5.41) is 19.1. The predicted octanol–water partition coefficient (Wildman–Crippen LogP) is 0.297. The molecule has 0 aliphatic carbocycles. The van der Waals surface area contributed by atoms with E-state index < -0.39 is 6.10 Å². The maximum atomic E-state index is 12.0. The van der Waals surface area contributed by atoms with Gasteiger partial charge in [0.1, 0.15) is 5.69 Å². The first kappa shape index (κ1) is 15.5. The van der Waals surface area contributed by atoms with Crippen molar-refractivity contribution in [1.29, 1.82) is 0 Å². The molecule has 3 N–H and O–H groups in total. The van der Waals surface area contributed by atoms with E-state index in [-0.39, 0.29) is 30.6 Å². The average molecular weight is 294 g/mol. The van der Waals surface area contributed by atoms with Gasteiger partial charge in [0.15, 0.2) is 5.69 Å². The third-order valence-corrected chi connectivity index (χ3v) is 3.44. The number of β-amino-alcohol motifs (C(OH)–C–C–N with tert-alkyl or cyclic N) is 1. The van der Waals surface area contributed by atoms with E-state index in [0.717, 1.165) is 25.7 Å². The molecule has 0 radical (unpaired) electrons. The molecule has 0 saturated carbocycles. The number of nitrogens with one attached hydrogen (secondary N) is 2. The van der Waals surface area contributed by atoms with Gasteiger partial charge in [-0.25, -0.2) is 0 Å². The summed E-state index contributed by atoms with van der Waals surface area (Å²) in [4.78, 5) is 23.8. The van der Waals surface area contributed by atoms with Crippen molar-refractivity contribution < 1.29 is 14.7 Å². The van der Waals surface area contributed by atoms with Gasteiger partial charge >= 0.3 is 0 Å². The van der Waals surface area contributed by atoms with Crippen molar-refractivity contribution in [1.82, 2.24) is 20.4 Å². The summed E-state index contributed by atoms with van der Waals surface area (Å²) in [6.07, 6.45) is 3.64. The van der Waals surface area contributed by atoms with Gasteiger partial charge in [-0.1, -0.05) is 26.2 Å². The maximum Gasteiger partial charge on any atom is 0.271 e. The van der Waals surface area contributed by atoms with E-state index in [1.54, 1.807) is 0 Å². The zero-order valence-corrected chi connectivity index (χ0v) is 12.3. The Morgan fingerprint density at radius 2 is 2.33 bits per heavy atom. The van der Waals surface area contributed by atoms with Gasteiger partial charge in [-0.05, 0) is 6.42 Å². The summed E-state index contributed by atoms with van der Waals surface area (Å²) < 4.78 is 1.39. The van der Waals surface area contributed by atoms with E-state index in [2.05, 4.69) is 22.7 Å². The van der Waals surface area contributed by atoms with Crippen molar-refractivity contribution in [3.05, 3.63) is 17.5 Å². The highest BCUT2D eigenvalue weighted by Crippen LogP contribution is 2.09. The lowest BCUT2D eigenvalue weighted by Crippen LogP contribution is -2.30. The SMILES string of the molecule is CCCCCCNC(=O)c1cc2n(n1)CC(O)CNC2=O. The Morgan fingerprint density at radius 3 is 3.10 bits per heavy atom. The highest BCUT2D eigenvalue weighted by Gasteiger charge is 2.23. The van der Waals surface area contributed by atoms with Crippen LogP contribution < -0.4 is 10.6 Å². The van der Waals surface area contributed by atoms with Crippen LogP contribution in [0.1, 0.15) is 53.6 Å². The van der Waals surface area contributed by atoms with Crippen LogP contribution in [0.4, 0.5) is 0 Å². The second-order valence-corrected chi connectivity index (χ2v) is 5.28. The Labute approximate surface area is 123 Å². The van der Waals surface area contributed by atoms with Gasteiger partial charge in [-0.2, -0.15) is 5.10 Å². The van der Waals surface area contributed by atoms with Gasteiger partial charge in [0, 0.05) is 19.2 Å². The lowest BCUT2D eigenvalue weighted by Gasteiger charge is -2.06. The van der Waals surface area contributed by atoms with Crippen molar-refractivity contribution in [3.8, 4) is 0 Å². The first-order valence-electron chi connectivity index (χ1n) is 7.44. The van der Waals surface area contributed by atoms with Crippen LogP contribution in [0.3, 0.4) is 0 Å². The zero-order chi connectivity index (χ0) is 15.2. The fourth-order valence-electron chi connectivity index (χ4n) is 2.26. The van der Waals surface area contributed by atoms with Crippen LogP contribution in [-0.2, 0) is 6.54 Å². The van der Waals surface area contributed by atoms with Crippen LogP contribution in [0.5, 0.6) is 0 Å². The number of aliphatic hydroxyl groups excluding tert-OH is 1. The molecule has 2 heterocycles. The summed E-state index contributed by atoms with van der Waals surface area (Å²) in [5.74, 6) is -0.601. The van der Waals surface area contributed by atoms with E-state index in [1.165, 1.54) is 10.7 Å². The normalized spacial score (nSPS) is 17.8. The van der Waals surface area contributed by atoms with Gasteiger partial charge in [0.05, 0.1) is 12.6 Å². The summed E-state index contributed by atoms with van der Waals surface area (Å²) in [6.45, 7) is 3.14. The molecule has 1 aromatic rings. The van der Waals surface area contributed by atoms with Crippen LogP contribution in [-0.4, -0.2) is 45.9 Å². The van der Waals surface area contributed by atoms with Crippen molar-refractivity contribution in [2.45, 2.75) is 45.3 Å². The van der Waals surface area contributed by atoms with Gasteiger partial charge in [-0.3, -0.25) is 14.3 Å². The largest absolute Gasteiger partial charge is 0.389 e. The molecule has 0 spiro atoms. The van der Waals surface area contributed by atoms with Crippen LogP contribution in [0.2, 0.25) is 0 Å². The zero-order valence-electron chi connectivity index (χ0n) is 12.3. The third kappa shape index (κ3) is 4.04. The monoisotopic (exact) mass is 294 g/mol.